The van der Waals surface area contributed by atoms with Crippen LogP contribution >= 0.6 is 0 Å². The first-order chi connectivity index (χ1) is 11.2. The minimum Gasteiger partial charge on any atom is -0.491 e. The molecule has 1 saturated heterocycles. The third kappa shape index (κ3) is 4.22. The highest BCUT2D eigenvalue weighted by Gasteiger charge is 2.17. The standard InChI is InChI=1S/C19H25NO3/c1-14(21)11-20-12-18-17-7-3-2-5-15(17)8-9-19(18)23-13-16-6-4-10-22-16/h2-3,5,7-9,14,16,20-21H,4,6,10-13H2,1H3. The molecule has 0 amide bonds. The summed E-state index contributed by atoms with van der Waals surface area (Å²) >= 11 is 0. The fourth-order valence-electron chi connectivity index (χ4n) is 3.00. The Bertz CT molecular complexity index is 636. The molecule has 0 radical (unpaired) electrons. The molecule has 2 aromatic rings. The summed E-state index contributed by atoms with van der Waals surface area (Å²) in [6.07, 6.45) is 2.04. The van der Waals surface area contributed by atoms with Crippen LogP contribution in [0.2, 0.25) is 0 Å². The van der Waals surface area contributed by atoms with E-state index in [1.807, 2.05) is 18.2 Å². The van der Waals surface area contributed by atoms with Gasteiger partial charge in [0.1, 0.15) is 12.4 Å². The highest BCUT2D eigenvalue weighted by Crippen LogP contribution is 2.28. The van der Waals surface area contributed by atoms with Crippen molar-refractivity contribution in [3.05, 3.63) is 42.0 Å². The third-order valence-electron chi connectivity index (χ3n) is 4.19. The van der Waals surface area contributed by atoms with E-state index in [-0.39, 0.29) is 12.2 Å². The van der Waals surface area contributed by atoms with E-state index in [0.29, 0.717) is 19.7 Å². The van der Waals surface area contributed by atoms with Gasteiger partial charge in [-0.1, -0.05) is 30.3 Å². The van der Waals surface area contributed by atoms with Gasteiger partial charge in [0.05, 0.1) is 12.2 Å². The first-order valence-electron chi connectivity index (χ1n) is 8.38. The molecule has 4 heteroatoms. The Hall–Kier alpha value is -1.62. The molecule has 23 heavy (non-hydrogen) atoms. The quantitative estimate of drug-likeness (QED) is 0.825. The molecule has 4 nitrogen and oxygen atoms in total. The van der Waals surface area contributed by atoms with Crippen LogP contribution in [0.4, 0.5) is 0 Å². The molecule has 1 aliphatic rings. The van der Waals surface area contributed by atoms with E-state index in [1.165, 1.54) is 10.8 Å². The molecule has 0 aromatic heterocycles. The van der Waals surface area contributed by atoms with Crippen LogP contribution in [0.5, 0.6) is 5.75 Å². The van der Waals surface area contributed by atoms with Crippen LogP contribution in [0.1, 0.15) is 25.3 Å². The summed E-state index contributed by atoms with van der Waals surface area (Å²) in [5.74, 6) is 0.900. The lowest BCUT2D eigenvalue weighted by Gasteiger charge is -2.17. The lowest BCUT2D eigenvalue weighted by atomic mass is 10.0. The largest absolute Gasteiger partial charge is 0.491 e. The first-order valence-corrected chi connectivity index (χ1v) is 8.38. The van der Waals surface area contributed by atoms with Crippen molar-refractivity contribution in [2.24, 2.45) is 0 Å². The highest BCUT2D eigenvalue weighted by molar-refractivity contribution is 5.87. The summed E-state index contributed by atoms with van der Waals surface area (Å²) < 4.78 is 11.7. The average molecular weight is 315 g/mol. The Labute approximate surface area is 137 Å². The molecule has 3 rings (SSSR count). The molecule has 124 valence electrons. The lowest BCUT2D eigenvalue weighted by molar-refractivity contribution is 0.0676. The number of aliphatic hydroxyl groups is 1. The average Bonchev–Trinajstić information content (AvgIpc) is 3.07. The van der Waals surface area contributed by atoms with Gasteiger partial charge in [-0.15, -0.1) is 0 Å². The molecule has 0 saturated carbocycles. The number of rotatable bonds is 7. The van der Waals surface area contributed by atoms with Crippen LogP contribution in [0.15, 0.2) is 36.4 Å². The monoisotopic (exact) mass is 315 g/mol. The normalized spacial score (nSPS) is 19.1. The summed E-state index contributed by atoms with van der Waals surface area (Å²) in [4.78, 5) is 0. The van der Waals surface area contributed by atoms with Gasteiger partial charge in [0, 0.05) is 25.3 Å². The van der Waals surface area contributed by atoms with Gasteiger partial charge in [0.15, 0.2) is 0 Å². The van der Waals surface area contributed by atoms with Crippen molar-refractivity contribution >= 4 is 10.8 Å². The molecule has 2 aromatic carbocycles. The van der Waals surface area contributed by atoms with E-state index in [2.05, 4.69) is 23.5 Å². The maximum absolute atomic E-state index is 9.45. The van der Waals surface area contributed by atoms with Crippen LogP contribution in [0.25, 0.3) is 10.8 Å². The molecule has 2 unspecified atom stereocenters. The maximum Gasteiger partial charge on any atom is 0.124 e. The second kappa shape index (κ2) is 7.77. The number of ether oxygens (including phenoxy) is 2. The van der Waals surface area contributed by atoms with Crippen molar-refractivity contribution in [2.75, 3.05) is 19.8 Å². The number of hydrogen-bond donors (Lipinski definition) is 2. The van der Waals surface area contributed by atoms with E-state index in [4.69, 9.17) is 9.47 Å². The molecule has 2 atom stereocenters. The van der Waals surface area contributed by atoms with E-state index in [9.17, 15) is 5.11 Å². The molecule has 2 N–H and O–H groups in total. The number of nitrogens with one attached hydrogen (secondary N) is 1. The second-order valence-corrected chi connectivity index (χ2v) is 6.19. The zero-order valence-electron chi connectivity index (χ0n) is 13.6. The lowest BCUT2D eigenvalue weighted by Crippen LogP contribution is -2.24. The smallest absolute Gasteiger partial charge is 0.124 e. The molecular weight excluding hydrogens is 290 g/mol. The van der Waals surface area contributed by atoms with Gasteiger partial charge in [-0.25, -0.2) is 0 Å². The Morgan fingerprint density at radius 1 is 1.30 bits per heavy atom. The molecule has 1 aliphatic heterocycles. The highest BCUT2D eigenvalue weighted by atomic mass is 16.5. The Morgan fingerprint density at radius 3 is 2.96 bits per heavy atom. The minimum absolute atomic E-state index is 0.208. The van der Waals surface area contributed by atoms with Crippen molar-refractivity contribution < 1.29 is 14.6 Å². The Balaban J connectivity index is 1.79. The summed E-state index contributed by atoms with van der Waals surface area (Å²) in [6, 6.07) is 12.5. The SMILES string of the molecule is CC(O)CNCc1c(OCC2CCCO2)ccc2ccccc12. The van der Waals surface area contributed by atoms with Gasteiger partial charge in [-0.05, 0) is 36.6 Å². The van der Waals surface area contributed by atoms with Crippen molar-refractivity contribution in [3.63, 3.8) is 0 Å². The van der Waals surface area contributed by atoms with Crippen LogP contribution in [-0.2, 0) is 11.3 Å². The molecule has 0 aliphatic carbocycles. The summed E-state index contributed by atoms with van der Waals surface area (Å²) in [5.41, 5.74) is 1.14. The van der Waals surface area contributed by atoms with E-state index >= 15 is 0 Å². The Morgan fingerprint density at radius 2 is 2.17 bits per heavy atom. The fourth-order valence-corrected chi connectivity index (χ4v) is 3.00. The number of fused-ring (bicyclic) bond motifs is 1. The topological polar surface area (TPSA) is 50.7 Å². The zero-order chi connectivity index (χ0) is 16.1. The van der Waals surface area contributed by atoms with E-state index in [0.717, 1.165) is 30.8 Å². The van der Waals surface area contributed by atoms with Crippen molar-refractivity contribution in [1.82, 2.24) is 5.32 Å². The molecule has 1 fully saturated rings. The number of benzene rings is 2. The molecule has 0 spiro atoms. The van der Waals surface area contributed by atoms with Gasteiger partial charge < -0.3 is 19.9 Å². The first kappa shape index (κ1) is 16.2. The van der Waals surface area contributed by atoms with Crippen LogP contribution in [-0.4, -0.2) is 37.1 Å². The Kier molecular flexibility index (Phi) is 5.49. The predicted octanol–water partition coefficient (Wildman–Crippen LogP) is 2.87. The van der Waals surface area contributed by atoms with Gasteiger partial charge in [-0.2, -0.15) is 0 Å². The van der Waals surface area contributed by atoms with Gasteiger partial charge in [-0.3, -0.25) is 0 Å². The van der Waals surface area contributed by atoms with Crippen LogP contribution < -0.4 is 10.1 Å². The maximum atomic E-state index is 9.45. The van der Waals surface area contributed by atoms with Crippen LogP contribution in [0, 0.1) is 0 Å². The van der Waals surface area contributed by atoms with Gasteiger partial charge in [0.25, 0.3) is 0 Å². The molecular formula is C19H25NO3. The minimum atomic E-state index is -0.360. The van der Waals surface area contributed by atoms with Crippen molar-refractivity contribution in [2.45, 2.75) is 38.5 Å². The van der Waals surface area contributed by atoms with Crippen molar-refractivity contribution in [1.29, 1.82) is 0 Å². The molecule has 1 heterocycles. The van der Waals surface area contributed by atoms with Gasteiger partial charge >= 0.3 is 0 Å². The van der Waals surface area contributed by atoms with Crippen molar-refractivity contribution in [3.8, 4) is 5.75 Å². The fraction of sp³-hybridized carbons (Fsp3) is 0.474. The van der Waals surface area contributed by atoms with E-state index in [1.54, 1.807) is 6.92 Å². The van der Waals surface area contributed by atoms with Crippen LogP contribution in [0.3, 0.4) is 0 Å². The number of hydrogen-bond acceptors (Lipinski definition) is 4. The summed E-state index contributed by atoms with van der Waals surface area (Å²) in [7, 11) is 0. The zero-order valence-corrected chi connectivity index (χ0v) is 13.6. The summed E-state index contributed by atoms with van der Waals surface area (Å²) in [5, 5.41) is 15.1. The number of aliphatic hydroxyl groups excluding tert-OH is 1. The second-order valence-electron chi connectivity index (χ2n) is 6.19. The molecule has 0 bridgehead atoms. The predicted molar refractivity (Wildman–Crippen MR) is 91.8 cm³/mol. The third-order valence-corrected chi connectivity index (χ3v) is 4.19. The summed E-state index contributed by atoms with van der Waals surface area (Å²) in [6.45, 7) is 4.46. The van der Waals surface area contributed by atoms with Gasteiger partial charge in [0.2, 0.25) is 0 Å². The van der Waals surface area contributed by atoms with E-state index < -0.39 is 0 Å².